The lowest BCUT2D eigenvalue weighted by Crippen LogP contribution is -2.49. The van der Waals surface area contributed by atoms with Crippen molar-refractivity contribution in [1.29, 1.82) is 0 Å². The summed E-state index contributed by atoms with van der Waals surface area (Å²) in [6.07, 6.45) is -1.77. The molecular weight excluding hydrogens is 2330 g/mol. The van der Waals surface area contributed by atoms with Crippen LogP contribution >= 0.6 is 158 Å². The van der Waals surface area contributed by atoms with Crippen LogP contribution in [0.2, 0.25) is 0 Å². The van der Waals surface area contributed by atoms with E-state index in [1.165, 1.54) is 60.3 Å². The first kappa shape index (κ1) is 103. The van der Waals surface area contributed by atoms with Gasteiger partial charge in [-0.25, -0.2) is 9.59 Å². The predicted molar refractivity (Wildman–Crippen MR) is 502 cm³/mol. The highest BCUT2D eigenvalue weighted by Crippen LogP contribution is 2.68. The summed E-state index contributed by atoms with van der Waals surface area (Å²) in [5.74, 6) is 0.592. The molecule has 4 bridgehead atoms. The molecule has 2 aliphatic heterocycles. The summed E-state index contributed by atoms with van der Waals surface area (Å²) in [5, 5.41) is 76.6. The van der Waals surface area contributed by atoms with E-state index in [9.17, 15) is 80.0 Å². The Bertz CT molecular complexity index is 4620. The summed E-state index contributed by atoms with van der Waals surface area (Å²) in [4.78, 5) is 106. The van der Waals surface area contributed by atoms with E-state index in [0.29, 0.717) is 64.8 Å². The van der Waals surface area contributed by atoms with E-state index in [1.807, 2.05) is 253 Å². The SMILES string of the molecule is COc1cc(C(O)C(C)(C)C)c([N+](=O)[O-])cc1I.COc1cc(I)c([N+](=O)[O-])cc1I.COc1cc([C@@H](O)C(C)(C)C)c([N+](=O)[O-])cc1I.COc1cccc(I)c1.Cc1cc(C(OC(=O)[C@@]23CC[C@@](C)(C(=O)O2)C3(C)C)C(C)(C)C)c([N+](=O)[O-])cc1I.Cc1cc([C@@H](OC(=O)[C@@]23CC[C@@](C)(C(=O)O2)C3(C)C)C(C)(C)C)c([N+](=O)[O-])cc1I. The molecule has 2 saturated heterocycles. The number of aliphatic hydroxyl groups is 2. The summed E-state index contributed by atoms with van der Waals surface area (Å²) in [5.41, 5.74) is -5.21. The second-order valence-corrected chi connectivity index (χ2v) is 42.7. The second kappa shape index (κ2) is 39.5. The summed E-state index contributed by atoms with van der Waals surface area (Å²) < 4.78 is 48.9. The van der Waals surface area contributed by atoms with Gasteiger partial charge in [0, 0.05) is 68.8 Å². The van der Waals surface area contributed by atoms with Crippen LogP contribution in [0.15, 0.2) is 84.9 Å². The number of nitro benzene ring substituents is 5. The molecule has 6 aromatic rings. The fourth-order valence-electron chi connectivity index (χ4n) is 13.9. The number of carbonyl (C=O) groups excluding carboxylic acids is 4. The molecule has 36 heteroatoms. The molecule has 2 heterocycles. The molecule has 6 aromatic carbocycles. The van der Waals surface area contributed by atoms with Gasteiger partial charge in [0.15, 0.2) is 0 Å². The minimum Gasteiger partial charge on any atom is -0.497 e. The van der Waals surface area contributed by atoms with Gasteiger partial charge in [0.1, 0.15) is 35.2 Å². The molecule has 10 rings (SSSR count). The lowest BCUT2D eigenvalue weighted by molar-refractivity contribution is -0.386. The highest BCUT2D eigenvalue weighted by Gasteiger charge is 2.78. The molecule has 0 radical (unpaired) electrons. The van der Waals surface area contributed by atoms with Crippen molar-refractivity contribution in [3.8, 4) is 23.0 Å². The van der Waals surface area contributed by atoms with Crippen molar-refractivity contribution >= 4 is 210 Å². The van der Waals surface area contributed by atoms with Crippen LogP contribution in [0.3, 0.4) is 0 Å². The number of methoxy groups -OCH3 is 4. The van der Waals surface area contributed by atoms with Crippen LogP contribution < -0.4 is 18.9 Å². The molecule has 2 saturated carbocycles. The van der Waals surface area contributed by atoms with Crippen molar-refractivity contribution in [2.45, 2.75) is 200 Å². The van der Waals surface area contributed by atoms with Gasteiger partial charge in [0.2, 0.25) is 11.2 Å². The third-order valence-corrected chi connectivity index (χ3v) is 28.5. The van der Waals surface area contributed by atoms with Crippen molar-refractivity contribution in [2.75, 3.05) is 28.4 Å². The van der Waals surface area contributed by atoms with E-state index in [0.717, 1.165) is 27.6 Å². The van der Waals surface area contributed by atoms with E-state index in [4.69, 9.17) is 37.9 Å². The number of aryl methyl sites for hydroxylation is 2. The minimum absolute atomic E-state index is 0.0809. The number of ether oxygens (including phenoxy) is 8. The van der Waals surface area contributed by atoms with Crippen LogP contribution in [0.25, 0.3) is 0 Å². The van der Waals surface area contributed by atoms with Crippen molar-refractivity contribution in [1.82, 2.24) is 0 Å². The lowest BCUT2D eigenvalue weighted by Gasteiger charge is -2.38. The van der Waals surface area contributed by atoms with E-state index in [2.05, 4.69) is 67.8 Å². The molecule has 4 aliphatic rings. The van der Waals surface area contributed by atoms with Crippen LogP contribution in [0.4, 0.5) is 28.4 Å². The number of carbonyl (C=O) groups is 4. The molecule has 0 amide bonds. The van der Waals surface area contributed by atoms with Crippen LogP contribution in [0.1, 0.15) is 208 Å². The van der Waals surface area contributed by atoms with Crippen molar-refractivity contribution in [3.05, 3.63) is 194 Å². The third kappa shape index (κ3) is 22.1. The second-order valence-electron chi connectivity index (χ2n) is 34.5. The average Bonchev–Trinajstić information content (AvgIpc) is 1.52. The maximum atomic E-state index is 13.5. The number of fused-ring (bicyclic) bond motifs is 4. The van der Waals surface area contributed by atoms with Gasteiger partial charge >= 0.3 is 23.9 Å². The molecule has 2 unspecified atom stereocenters. The van der Waals surface area contributed by atoms with Crippen LogP contribution in [-0.4, -0.2) is 98.3 Å². The maximum absolute atomic E-state index is 13.5. The van der Waals surface area contributed by atoms with Gasteiger partial charge in [-0.15, -0.1) is 0 Å². The Balaban J connectivity index is 0.000000263. The molecule has 118 heavy (non-hydrogen) atoms. The standard InChI is InChI=1S/2C22H28INO6.2C12H16INO4.C7H5I2NO3.C7H7IO/c2*1-12-10-13(15(24(27)28)11-14(12)23)16(19(2,3)4)29-18(26)22-9-8-21(7,17(25)30-22)20(22,5)6;2*1-12(2,3)11(15)7-5-10(18-4)8(13)6-9(7)14(16)17;1-13-7-3-4(8)6(10(11)12)2-5(7)9;1-9-7-4-2-3-6(8)5-7/h2*10-11,16H,8-9H2,1-7H3;2*5-6,11,15H,1-4H3;2-3H,1H3;2-5H,1H3/t16?,21-,22+;16-,21+,22-;11-;;;/m011.../s1. The van der Waals surface area contributed by atoms with Gasteiger partial charge < -0.3 is 48.1 Å². The molecule has 2 aliphatic carbocycles. The van der Waals surface area contributed by atoms with E-state index < -0.39 is 115 Å². The Labute approximate surface area is 782 Å². The smallest absolute Gasteiger partial charge is 0.351 e. The monoisotopic (exact) mass is 2430 g/mol. The first-order valence-corrected chi connectivity index (χ1v) is 44.1. The zero-order chi connectivity index (χ0) is 90.6. The number of benzene rings is 6. The summed E-state index contributed by atoms with van der Waals surface area (Å²) >= 11 is 14.2. The van der Waals surface area contributed by atoms with E-state index >= 15 is 0 Å². The number of nitrogens with zero attached hydrogens (tertiary/aromatic N) is 5. The highest BCUT2D eigenvalue weighted by molar-refractivity contribution is 14.1. The number of esters is 4. The van der Waals surface area contributed by atoms with Gasteiger partial charge in [-0.3, -0.25) is 60.2 Å². The third-order valence-electron chi connectivity index (χ3n) is 22.1. The fourth-order valence-corrected chi connectivity index (χ4v) is 17.9. The molecule has 29 nitrogen and oxygen atoms in total. The normalized spacial score (nSPS) is 20.1. The van der Waals surface area contributed by atoms with Gasteiger partial charge in [0.25, 0.3) is 28.4 Å². The number of rotatable bonds is 17. The quantitative estimate of drug-likeness (QED) is 0.0281. The van der Waals surface area contributed by atoms with Crippen LogP contribution in [-0.2, 0) is 38.1 Å². The summed E-state index contributed by atoms with van der Waals surface area (Å²) in [7, 11) is 6.21. The topological polar surface area (TPSA) is 398 Å². The van der Waals surface area contributed by atoms with Crippen molar-refractivity contribution in [3.63, 3.8) is 0 Å². The summed E-state index contributed by atoms with van der Waals surface area (Å²) in [6.45, 7) is 36.9. The zero-order valence-electron chi connectivity index (χ0n) is 70.0. The Kier molecular flexibility index (Phi) is 34.5. The number of halogens is 7. The van der Waals surface area contributed by atoms with Gasteiger partial charge in [-0.2, -0.15) is 0 Å². The van der Waals surface area contributed by atoms with Crippen LogP contribution in [0.5, 0.6) is 23.0 Å². The van der Waals surface area contributed by atoms with Gasteiger partial charge in [0.05, 0.1) is 113 Å². The van der Waals surface area contributed by atoms with Gasteiger partial charge in [-0.05, 0) is 276 Å². The first-order chi connectivity index (χ1) is 53.9. The maximum Gasteiger partial charge on any atom is 0.351 e. The zero-order valence-corrected chi connectivity index (χ0v) is 85.1. The first-order valence-electron chi connectivity index (χ1n) is 36.6. The van der Waals surface area contributed by atoms with Gasteiger partial charge in [-0.1, -0.05) is 117 Å². The number of aliphatic hydroxyl groups excluding tert-OH is 2. The predicted octanol–water partition coefficient (Wildman–Crippen LogP) is 22.2. The molecule has 0 spiro atoms. The molecule has 8 atom stereocenters. The van der Waals surface area contributed by atoms with Crippen molar-refractivity contribution < 1.29 is 91.9 Å². The minimum atomic E-state index is -1.38. The largest absolute Gasteiger partial charge is 0.497 e. The van der Waals surface area contributed by atoms with Crippen LogP contribution in [0, 0.1) is 133 Å². The Hall–Kier alpha value is -5.57. The lowest BCUT2D eigenvalue weighted by atomic mass is 9.66. The molecule has 0 aromatic heterocycles. The molecule has 646 valence electrons. The highest BCUT2D eigenvalue weighted by atomic mass is 127. The average molecular weight is 2430 g/mol. The summed E-state index contributed by atoms with van der Waals surface area (Å²) in [6, 6.07) is 23.4. The Morgan fingerprint density at radius 3 is 0.949 bits per heavy atom. The Morgan fingerprint density at radius 2 is 0.703 bits per heavy atom. The Morgan fingerprint density at radius 1 is 0.407 bits per heavy atom. The number of hydrogen-bond donors (Lipinski definition) is 2. The molecule has 4 fully saturated rings. The fraction of sp³-hybridized carbons (Fsp3) is 0.512. The van der Waals surface area contributed by atoms with Crippen molar-refractivity contribution in [2.24, 2.45) is 43.3 Å². The number of nitro groups is 5. The van der Waals surface area contributed by atoms with E-state index in [1.54, 1.807) is 32.4 Å². The number of hydrogen-bond acceptors (Lipinski definition) is 24. The van der Waals surface area contributed by atoms with E-state index in [-0.39, 0.29) is 51.5 Å². The molecular formula is C82H100I7N5O24. The molecule has 2 N–H and O–H groups in total.